The number of hydrogen-bond donors (Lipinski definition) is 2. The van der Waals surface area contributed by atoms with Gasteiger partial charge in [0.1, 0.15) is 0 Å². The Balaban J connectivity index is 2.09. The largest absolute Gasteiger partial charge is 0.387 e. The summed E-state index contributed by atoms with van der Waals surface area (Å²) in [6.45, 7) is 4.80. The maximum Gasteiger partial charge on any atom is 0.0547 e. The molecule has 0 unspecified atom stereocenters. The zero-order valence-corrected chi connectivity index (χ0v) is 10.8. The predicted octanol–water partition coefficient (Wildman–Crippen LogP) is 2.74. The van der Waals surface area contributed by atoms with E-state index in [0.29, 0.717) is 0 Å². The molecule has 0 aliphatic rings. The third-order valence-electron chi connectivity index (χ3n) is 2.46. The van der Waals surface area contributed by atoms with E-state index in [-0.39, 0.29) is 0 Å². The van der Waals surface area contributed by atoms with Gasteiger partial charge < -0.3 is 15.4 Å². The number of ether oxygens (including phenoxy) is 1. The second kappa shape index (κ2) is 8.82. The van der Waals surface area contributed by atoms with Crippen LogP contribution in [0.4, 0.5) is 11.4 Å². The molecule has 0 bridgehead atoms. The van der Waals surface area contributed by atoms with Gasteiger partial charge >= 0.3 is 0 Å². The minimum absolute atomic E-state index is 0.826. The molecule has 0 saturated heterocycles. The average Bonchev–Trinajstić information content (AvgIpc) is 2.38. The van der Waals surface area contributed by atoms with E-state index in [1.807, 2.05) is 19.3 Å². The molecule has 2 N–H and O–H groups in total. The third kappa shape index (κ3) is 6.12. The fraction of sp³-hybridized carbons (Fsp3) is 0.615. The Hall–Kier alpha value is -1.29. The van der Waals surface area contributed by atoms with Gasteiger partial charge in [0.15, 0.2) is 0 Å². The van der Waals surface area contributed by atoms with Crippen molar-refractivity contribution < 1.29 is 4.74 Å². The second-order valence-electron chi connectivity index (χ2n) is 3.96. The van der Waals surface area contributed by atoms with Crippen molar-refractivity contribution in [3.8, 4) is 0 Å². The predicted molar refractivity (Wildman–Crippen MR) is 72.6 cm³/mol. The lowest BCUT2D eigenvalue weighted by Gasteiger charge is -2.08. The molecule has 1 aromatic heterocycles. The normalized spacial score (nSPS) is 10.2. The first-order valence-corrected chi connectivity index (χ1v) is 6.31. The minimum atomic E-state index is 0.826. The van der Waals surface area contributed by atoms with Crippen molar-refractivity contribution in [3.05, 3.63) is 18.5 Å². The van der Waals surface area contributed by atoms with Crippen LogP contribution >= 0.6 is 0 Å². The molecule has 17 heavy (non-hydrogen) atoms. The smallest absolute Gasteiger partial charge is 0.0547 e. The Morgan fingerprint density at radius 3 is 2.71 bits per heavy atom. The number of rotatable bonds is 9. The molecule has 0 aliphatic carbocycles. The number of unbranched alkanes of at least 4 members (excludes halogenated alkanes) is 1. The summed E-state index contributed by atoms with van der Waals surface area (Å²) in [5.74, 6) is 0. The highest BCUT2D eigenvalue weighted by atomic mass is 16.5. The number of pyridine rings is 1. The monoisotopic (exact) mass is 237 g/mol. The van der Waals surface area contributed by atoms with Gasteiger partial charge in [0.25, 0.3) is 0 Å². The van der Waals surface area contributed by atoms with Crippen LogP contribution in [0.25, 0.3) is 0 Å². The van der Waals surface area contributed by atoms with Crippen molar-refractivity contribution in [3.63, 3.8) is 0 Å². The van der Waals surface area contributed by atoms with Gasteiger partial charge in [-0.05, 0) is 18.9 Å². The number of aromatic nitrogens is 1. The molecule has 0 amide bonds. The van der Waals surface area contributed by atoms with Crippen molar-refractivity contribution in [2.45, 2.75) is 26.2 Å². The Morgan fingerprint density at radius 2 is 1.94 bits per heavy atom. The van der Waals surface area contributed by atoms with Gasteiger partial charge in [-0.3, -0.25) is 4.98 Å². The van der Waals surface area contributed by atoms with Gasteiger partial charge in [-0.25, -0.2) is 0 Å². The van der Waals surface area contributed by atoms with Crippen molar-refractivity contribution in [1.82, 2.24) is 4.98 Å². The average molecular weight is 237 g/mol. The van der Waals surface area contributed by atoms with Crippen molar-refractivity contribution >= 4 is 11.4 Å². The summed E-state index contributed by atoms with van der Waals surface area (Å²) < 4.78 is 5.49. The van der Waals surface area contributed by atoms with E-state index >= 15 is 0 Å². The number of nitrogens with one attached hydrogen (secondary N) is 2. The van der Waals surface area contributed by atoms with Gasteiger partial charge in [0, 0.05) is 26.8 Å². The number of nitrogens with zero attached hydrogens (tertiary/aromatic N) is 1. The molecule has 1 heterocycles. The van der Waals surface area contributed by atoms with Crippen molar-refractivity contribution in [2.24, 2.45) is 0 Å². The zero-order chi connectivity index (χ0) is 12.3. The van der Waals surface area contributed by atoms with E-state index in [1.54, 1.807) is 6.20 Å². The molecule has 4 nitrogen and oxygen atoms in total. The first kappa shape index (κ1) is 13.8. The first-order valence-electron chi connectivity index (χ1n) is 6.31. The summed E-state index contributed by atoms with van der Waals surface area (Å²) in [6.07, 6.45) is 7.01. The van der Waals surface area contributed by atoms with Crippen LogP contribution in [0.1, 0.15) is 26.2 Å². The summed E-state index contributed by atoms with van der Waals surface area (Å²) in [7, 11) is 1.89. The molecule has 0 aliphatic heterocycles. The van der Waals surface area contributed by atoms with Crippen LogP contribution < -0.4 is 10.6 Å². The summed E-state index contributed by atoms with van der Waals surface area (Å²) in [5, 5.41) is 6.39. The molecule has 0 atom stereocenters. The fourth-order valence-corrected chi connectivity index (χ4v) is 1.43. The third-order valence-corrected chi connectivity index (χ3v) is 2.46. The maximum atomic E-state index is 5.49. The van der Waals surface area contributed by atoms with E-state index in [1.165, 1.54) is 6.42 Å². The van der Waals surface area contributed by atoms with Crippen LogP contribution in [0, 0.1) is 0 Å². The molecule has 0 saturated carbocycles. The Kier molecular flexibility index (Phi) is 7.14. The van der Waals surface area contributed by atoms with E-state index < -0.39 is 0 Å². The van der Waals surface area contributed by atoms with Crippen LogP contribution in [0.2, 0.25) is 0 Å². The lowest BCUT2D eigenvalue weighted by atomic mass is 10.3. The summed E-state index contributed by atoms with van der Waals surface area (Å²) >= 11 is 0. The van der Waals surface area contributed by atoms with Gasteiger partial charge in [0.05, 0.1) is 23.8 Å². The highest BCUT2D eigenvalue weighted by Gasteiger charge is 1.94. The molecule has 4 heteroatoms. The molecule has 1 rings (SSSR count). The number of hydrogen-bond acceptors (Lipinski definition) is 4. The molecule has 0 fully saturated rings. The topological polar surface area (TPSA) is 46.2 Å². The zero-order valence-electron chi connectivity index (χ0n) is 10.8. The maximum absolute atomic E-state index is 5.49. The lowest BCUT2D eigenvalue weighted by Crippen LogP contribution is -2.06. The van der Waals surface area contributed by atoms with Crippen LogP contribution in [0.15, 0.2) is 18.5 Å². The molecule has 0 aromatic carbocycles. The Morgan fingerprint density at radius 1 is 1.18 bits per heavy atom. The summed E-state index contributed by atoms with van der Waals surface area (Å²) in [5.41, 5.74) is 2.07. The lowest BCUT2D eigenvalue weighted by molar-refractivity contribution is 0.131. The van der Waals surface area contributed by atoms with E-state index in [9.17, 15) is 0 Å². The van der Waals surface area contributed by atoms with Gasteiger partial charge in [-0.1, -0.05) is 13.3 Å². The van der Waals surface area contributed by atoms with Crippen LogP contribution in [-0.2, 0) is 4.74 Å². The molecule has 0 spiro atoms. The Bertz CT molecular complexity index is 304. The van der Waals surface area contributed by atoms with Gasteiger partial charge in [0.2, 0.25) is 0 Å². The SMILES string of the molecule is CCCCOCCCNc1cncc(NC)c1. The van der Waals surface area contributed by atoms with Crippen LogP contribution in [0.3, 0.4) is 0 Å². The highest BCUT2D eigenvalue weighted by Crippen LogP contribution is 2.11. The van der Waals surface area contributed by atoms with E-state index in [4.69, 9.17) is 4.74 Å². The second-order valence-corrected chi connectivity index (χ2v) is 3.96. The standard InChI is InChI=1S/C13H23N3O/c1-3-4-7-17-8-5-6-16-13-9-12(14-2)10-15-11-13/h9-11,14,16H,3-8H2,1-2H3. The highest BCUT2D eigenvalue weighted by molar-refractivity contribution is 5.53. The van der Waals surface area contributed by atoms with Crippen molar-refractivity contribution in [2.75, 3.05) is 37.4 Å². The molecule has 0 radical (unpaired) electrons. The van der Waals surface area contributed by atoms with Gasteiger partial charge in [-0.15, -0.1) is 0 Å². The summed E-state index contributed by atoms with van der Waals surface area (Å²) in [6, 6.07) is 2.05. The molecular formula is C13H23N3O. The van der Waals surface area contributed by atoms with E-state index in [2.05, 4.69) is 22.5 Å². The van der Waals surface area contributed by atoms with Gasteiger partial charge in [-0.2, -0.15) is 0 Å². The van der Waals surface area contributed by atoms with Crippen molar-refractivity contribution in [1.29, 1.82) is 0 Å². The summed E-state index contributed by atoms with van der Waals surface area (Å²) in [4.78, 5) is 4.14. The van der Waals surface area contributed by atoms with Crippen LogP contribution in [0.5, 0.6) is 0 Å². The van der Waals surface area contributed by atoms with Crippen LogP contribution in [-0.4, -0.2) is 31.8 Å². The molecular weight excluding hydrogens is 214 g/mol. The quantitative estimate of drug-likeness (QED) is 0.648. The minimum Gasteiger partial charge on any atom is -0.387 e. The van der Waals surface area contributed by atoms with E-state index in [0.717, 1.165) is 44.0 Å². The fourth-order valence-electron chi connectivity index (χ4n) is 1.43. The molecule has 1 aromatic rings. The first-order chi connectivity index (χ1) is 8.36. The molecule has 96 valence electrons. The Labute approximate surface area is 104 Å². The number of anilines is 2.